The SMILES string of the molecule is CNCCNC(=O)C1CC1c1cccc(Cl)c1Cl. The van der Waals surface area contributed by atoms with Crippen LogP contribution in [0.4, 0.5) is 0 Å². The highest BCUT2D eigenvalue weighted by molar-refractivity contribution is 6.42. The molecule has 1 aliphatic rings. The summed E-state index contributed by atoms with van der Waals surface area (Å²) in [5, 5.41) is 7.02. The molecule has 1 saturated carbocycles. The minimum atomic E-state index is 0.0397. The van der Waals surface area contributed by atoms with E-state index in [1.54, 1.807) is 6.07 Å². The molecule has 1 aliphatic carbocycles. The van der Waals surface area contributed by atoms with Gasteiger partial charge in [0.1, 0.15) is 0 Å². The van der Waals surface area contributed by atoms with E-state index in [4.69, 9.17) is 23.2 Å². The summed E-state index contributed by atoms with van der Waals surface area (Å²) in [6, 6.07) is 5.58. The van der Waals surface area contributed by atoms with Gasteiger partial charge in [-0.15, -0.1) is 0 Å². The molecule has 0 radical (unpaired) electrons. The Labute approximate surface area is 117 Å². The third-order valence-corrected chi connectivity index (χ3v) is 4.02. The van der Waals surface area contributed by atoms with Crippen LogP contribution in [0.2, 0.25) is 10.0 Å². The molecule has 0 bridgehead atoms. The molecule has 1 aromatic carbocycles. The minimum absolute atomic E-state index is 0.0397. The van der Waals surface area contributed by atoms with E-state index in [2.05, 4.69) is 10.6 Å². The van der Waals surface area contributed by atoms with Gasteiger partial charge in [0, 0.05) is 19.0 Å². The van der Waals surface area contributed by atoms with E-state index in [0.29, 0.717) is 16.6 Å². The first-order valence-electron chi connectivity index (χ1n) is 6.01. The maximum absolute atomic E-state index is 11.8. The lowest BCUT2D eigenvalue weighted by molar-refractivity contribution is -0.122. The van der Waals surface area contributed by atoms with E-state index in [1.807, 2.05) is 19.2 Å². The summed E-state index contributed by atoms with van der Waals surface area (Å²) >= 11 is 12.1. The minimum Gasteiger partial charge on any atom is -0.355 e. The van der Waals surface area contributed by atoms with Crippen LogP contribution in [0, 0.1) is 5.92 Å². The predicted molar refractivity (Wildman–Crippen MR) is 74.2 cm³/mol. The number of halogens is 2. The van der Waals surface area contributed by atoms with Gasteiger partial charge in [0.05, 0.1) is 10.0 Å². The molecule has 1 fully saturated rings. The largest absolute Gasteiger partial charge is 0.355 e. The van der Waals surface area contributed by atoms with Crippen molar-refractivity contribution in [3.8, 4) is 0 Å². The molecular formula is C13H16Cl2N2O. The standard InChI is InChI=1S/C13H16Cl2N2O/c1-16-5-6-17-13(18)10-7-9(10)8-3-2-4-11(14)12(8)15/h2-4,9-10,16H,5-7H2,1H3,(H,17,18). The van der Waals surface area contributed by atoms with E-state index < -0.39 is 0 Å². The van der Waals surface area contributed by atoms with Crippen molar-refractivity contribution in [2.75, 3.05) is 20.1 Å². The van der Waals surface area contributed by atoms with Crippen LogP contribution in [0.25, 0.3) is 0 Å². The Hall–Kier alpha value is -0.770. The summed E-state index contributed by atoms with van der Waals surface area (Å²) in [6.45, 7) is 1.43. The number of carbonyl (C=O) groups is 1. The fourth-order valence-corrected chi connectivity index (χ4v) is 2.53. The van der Waals surface area contributed by atoms with Gasteiger partial charge in [0.2, 0.25) is 5.91 Å². The zero-order valence-electron chi connectivity index (χ0n) is 10.2. The van der Waals surface area contributed by atoms with Crippen LogP contribution < -0.4 is 10.6 Å². The first kappa shape index (κ1) is 13.7. The molecule has 0 heterocycles. The molecule has 0 aliphatic heterocycles. The number of nitrogens with one attached hydrogen (secondary N) is 2. The fraction of sp³-hybridized carbons (Fsp3) is 0.462. The Bertz CT molecular complexity index is 451. The van der Waals surface area contributed by atoms with Crippen molar-refractivity contribution < 1.29 is 4.79 Å². The van der Waals surface area contributed by atoms with Gasteiger partial charge in [0.25, 0.3) is 0 Å². The zero-order valence-corrected chi connectivity index (χ0v) is 11.7. The summed E-state index contributed by atoms with van der Waals surface area (Å²) in [5.41, 5.74) is 0.984. The normalized spacial score (nSPS) is 21.7. The van der Waals surface area contributed by atoms with Crippen molar-refractivity contribution in [1.29, 1.82) is 0 Å². The average molecular weight is 287 g/mol. The molecule has 3 nitrogen and oxygen atoms in total. The Kier molecular flexibility index (Phi) is 4.49. The van der Waals surface area contributed by atoms with E-state index in [1.165, 1.54) is 0 Å². The second-order valence-corrected chi connectivity index (χ2v) is 5.27. The maximum Gasteiger partial charge on any atom is 0.223 e. The number of hydrogen-bond donors (Lipinski definition) is 2. The highest BCUT2D eigenvalue weighted by Crippen LogP contribution is 2.50. The zero-order chi connectivity index (χ0) is 13.1. The van der Waals surface area contributed by atoms with Gasteiger partial charge in [-0.3, -0.25) is 4.79 Å². The van der Waals surface area contributed by atoms with Crippen LogP contribution >= 0.6 is 23.2 Å². The third-order valence-electron chi connectivity index (χ3n) is 3.18. The fourth-order valence-electron chi connectivity index (χ4n) is 2.08. The van der Waals surface area contributed by atoms with Crippen LogP contribution in [0.15, 0.2) is 18.2 Å². The Morgan fingerprint density at radius 2 is 2.17 bits per heavy atom. The van der Waals surface area contributed by atoms with Gasteiger partial charge >= 0.3 is 0 Å². The molecular weight excluding hydrogens is 271 g/mol. The van der Waals surface area contributed by atoms with Crippen LogP contribution in [-0.4, -0.2) is 26.0 Å². The number of amides is 1. The van der Waals surface area contributed by atoms with Crippen molar-refractivity contribution in [3.63, 3.8) is 0 Å². The van der Waals surface area contributed by atoms with Crippen molar-refractivity contribution in [3.05, 3.63) is 33.8 Å². The van der Waals surface area contributed by atoms with Gasteiger partial charge in [-0.05, 0) is 31.0 Å². The molecule has 1 aromatic rings. The summed E-state index contributed by atoms with van der Waals surface area (Å²) < 4.78 is 0. The predicted octanol–water partition coefficient (Wildman–Crippen LogP) is 2.43. The summed E-state index contributed by atoms with van der Waals surface area (Å²) in [5.74, 6) is 0.356. The van der Waals surface area contributed by atoms with E-state index >= 15 is 0 Å². The van der Waals surface area contributed by atoms with Crippen molar-refractivity contribution in [2.24, 2.45) is 5.92 Å². The van der Waals surface area contributed by atoms with E-state index in [0.717, 1.165) is 18.5 Å². The molecule has 5 heteroatoms. The Balaban J connectivity index is 1.94. The molecule has 0 saturated heterocycles. The van der Waals surface area contributed by atoms with E-state index in [9.17, 15) is 4.79 Å². The Morgan fingerprint density at radius 3 is 2.89 bits per heavy atom. The summed E-state index contributed by atoms with van der Waals surface area (Å²) in [4.78, 5) is 11.8. The molecule has 0 aromatic heterocycles. The molecule has 0 spiro atoms. The van der Waals surface area contributed by atoms with Crippen molar-refractivity contribution in [2.45, 2.75) is 12.3 Å². The smallest absolute Gasteiger partial charge is 0.223 e. The lowest BCUT2D eigenvalue weighted by Crippen LogP contribution is -2.31. The number of carbonyl (C=O) groups excluding carboxylic acids is 1. The van der Waals surface area contributed by atoms with Gasteiger partial charge in [-0.1, -0.05) is 35.3 Å². The lowest BCUT2D eigenvalue weighted by atomic mass is 10.1. The van der Waals surface area contributed by atoms with Gasteiger partial charge in [-0.2, -0.15) is 0 Å². The third kappa shape index (κ3) is 2.97. The molecule has 2 rings (SSSR count). The highest BCUT2D eigenvalue weighted by atomic mass is 35.5. The Morgan fingerprint density at radius 1 is 1.39 bits per heavy atom. The topological polar surface area (TPSA) is 41.1 Å². The number of rotatable bonds is 5. The molecule has 2 atom stereocenters. The number of benzene rings is 1. The van der Waals surface area contributed by atoms with Crippen LogP contribution in [0.1, 0.15) is 17.9 Å². The van der Waals surface area contributed by atoms with Gasteiger partial charge in [-0.25, -0.2) is 0 Å². The van der Waals surface area contributed by atoms with Crippen LogP contribution in [0.3, 0.4) is 0 Å². The van der Waals surface area contributed by atoms with Crippen LogP contribution in [0.5, 0.6) is 0 Å². The first-order valence-corrected chi connectivity index (χ1v) is 6.77. The highest BCUT2D eigenvalue weighted by Gasteiger charge is 2.44. The summed E-state index contributed by atoms with van der Waals surface area (Å²) in [7, 11) is 1.86. The quantitative estimate of drug-likeness (QED) is 0.817. The van der Waals surface area contributed by atoms with Crippen LogP contribution in [-0.2, 0) is 4.79 Å². The number of hydrogen-bond acceptors (Lipinski definition) is 2. The van der Waals surface area contributed by atoms with Gasteiger partial charge < -0.3 is 10.6 Å². The second kappa shape index (κ2) is 5.91. The lowest BCUT2D eigenvalue weighted by Gasteiger charge is -2.06. The molecule has 1 amide bonds. The van der Waals surface area contributed by atoms with Crippen molar-refractivity contribution in [1.82, 2.24) is 10.6 Å². The van der Waals surface area contributed by atoms with Crippen molar-refractivity contribution >= 4 is 29.1 Å². The average Bonchev–Trinajstić information content (AvgIpc) is 3.13. The molecule has 18 heavy (non-hydrogen) atoms. The first-order chi connectivity index (χ1) is 8.65. The van der Waals surface area contributed by atoms with E-state index in [-0.39, 0.29) is 17.7 Å². The maximum atomic E-state index is 11.8. The van der Waals surface area contributed by atoms with Gasteiger partial charge in [0.15, 0.2) is 0 Å². The summed E-state index contributed by atoms with van der Waals surface area (Å²) in [6.07, 6.45) is 0.853. The monoisotopic (exact) mass is 286 g/mol. The number of likely N-dealkylation sites (N-methyl/N-ethyl adjacent to an activating group) is 1. The molecule has 2 unspecified atom stereocenters. The second-order valence-electron chi connectivity index (χ2n) is 4.49. The molecule has 98 valence electrons. The molecule has 2 N–H and O–H groups in total.